The van der Waals surface area contributed by atoms with E-state index in [0.29, 0.717) is 5.69 Å². The monoisotopic (exact) mass is 412 g/mol. The Bertz CT molecular complexity index is 877. The molecule has 1 saturated carbocycles. The first-order chi connectivity index (χ1) is 14.0. The van der Waals surface area contributed by atoms with Gasteiger partial charge in [0.15, 0.2) is 0 Å². The number of hydrogen-bond donors (Lipinski definition) is 3. The van der Waals surface area contributed by atoms with Gasteiger partial charge >= 0.3 is 5.97 Å². The number of aromatic carboxylic acids is 1. The number of amides is 2. The molecule has 2 amide bonds. The summed E-state index contributed by atoms with van der Waals surface area (Å²) in [5.41, 5.74) is 1.47. The van der Waals surface area contributed by atoms with Gasteiger partial charge in [-0.1, -0.05) is 25.3 Å². The van der Waals surface area contributed by atoms with Crippen LogP contribution in [0, 0.1) is 5.92 Å². The minimum Gasteiger partial charge on any atom is -0.478 e. The molecule has 3 rings (SSSR count). The standard InChI is InChI=1S/C22H24N2O4S/c25-20(23-17-11-9-16(10-12-17)22(27)28)14-29-19-8-4-7-18(13-19)24-21(26)15-5-2-1-3-6-15/h4,7-13,15H,1-3,5-6,14H2,(H,23,25)(H,24,26)(H,27,28). The van der Waals surface area contributed by atoms with E-state index in [0.717, 1.165) is 36.3 Å². The minimum absolute atomic E-state index is 0.0781. The van der Waals surface area contributed by atoms with Crippen molar-refractivity contribution >= 4 is 40.9 Å². The fourth-order valence-electron chi connectivity index (χ4n) is 3.31. The second-order valence-corrected chi connectivity index (χ2v) is 8.12. The van der Waals surface area contributed by atoms with Crippen LogP contribution >= 0.6 is 11.8 Å². The summed E-state index contributed by atoms with van der Waals surface area (Å²) in [5, 5.41) is 14.6. The van der Waals surface area contributed by atoms with Crippen molar-refractivity contribution in [1.29, 1.82) is 0 Å². The molecule has 6 nitrogen and oxygen atoms in total. The molecule has 0 aliphatic heterocycles. The van der Waals surface area contributed by atoms with E-state index in [4.69, 9.17) is 5.11 Å². The number of carboxylic acid groups (broad SMARTS) is 1. The predicted octanol–water partition coefficient (Wildman–Crippen LogP) is 4.63. The van der Waals surface area contributed by atoms with E-state index in [9.17, 15) is 14.4 Å². The summed E-state index contributed by atoms with van der Waals surface area (Å²) in [4.78, 5) is 36.3. The van der Waals surface area contributed by atoms with Gasteiger partial charge in [0.25, 0.3) is 0 Å². The van der Waals surface area contributed by atoms with Crippen molar-refractivity contribution < 1.29 is 19.5 Å². The van der Waals surface area contributed by atoms with Crippen LogP contribution in [-0.4, -0.2) is 28.6 Å². The van der Waals surface area contributed by atoms with Gasteiger partial charge in [0.05, 0.1) is 11.3 Å². The number of carbonyl (C=O) groups is 3. The molecular weight excluding hydrogens is 388 g/mol. The zero-order chi connectivity index (χ0) is 20.6. The van der Waals surface area contributed by atoms with Gasteiger partial charge < -0.3 is 15.7 Å². The molecule has 0 aromatic heterocycles. The van der Waals surface area contributed by atoms with Crippen LogP contribution in [0.4, 0.5) is 11.4 Å². The van der Waals surface area contributed by atoms with Crippen molar-refractivity contribution in [3.63, 3.8) is 0 Å². The first-order valence-corrected chi connectivity index (χ1v) is 10.7. The van der Waals surface area contributed by atoms with Gasteiger partial charge in [0.1, 0.15) is 0 Å². The van der Waals surface area contributed by atoms with Crippen molar-refractivity contribution in [2.24, 2.45) is 5.92 Å². The first-order valence-electron chi connectivity index (χ1n) is 9.68. The molecule has 0 radical (unpaired) electrons. The smallest absolute Gasteiger partial charge is 0.335 e. The van der Waals surface area contributed by atoms with Gasteiger partial charge in [-0.2, -0.15) is 0 Å². The fraction of sp³-hybridized carbons (Fsp3) is 0.318. The Morgan fingerprint density at radius 1 is 0.931 bits per heavy atom. The lowest BCUT2D eigenvalue weighted by atomic mass is 9.88. The number of rotatable bonds is 7. The molecule has 2 aromatic carbocycles. The molecule has 1 fully saturated rings. The van der Waals surface area contributed by atoms with E-state index >= 15 is 0 Å². The molecule has 0 saturated heterocycles. The van der Waals surface area contributed by atoms with Gasteiger partial charge in [-0.3, -0.25) is 9.59 Å². The number of nitrogens with one attached hydrogen (secondary N) is 2. The maximum Gasteiger partial charge on any atom is 0.335 e. The third kappa shape index (κ3) is 6.35. The summed E-state index contributed by atoms with van der Waals surface area (Å²) in [6.07, 6.45) is 5.34. The minimum atomic E-state index is -1.01. The van der Waals surface area contributed by atoms with E-state index in [1.807, 2.05) is 24.3 Å². The number of hydrogen-bond acceptors (Lipinski definition) is 4. The summed E-state index contributed by atoms with van der Waals surface area (Å²) in [6.45, 7) is 0. The summed E-state index contributed by atoms with van der Waals surface area (Å²) in [5.74, 6) is -0.808. The molecule has 0 unspecified atom stereocenters. The molecule has 7 heteroatoms. The maximum atomic E-state index is 12.4. The topological polar surface area (TPSA) is 95.5 Å². The van der Waals surface area contributed by atoms with Gasteiger partial charge in [-0.05, 0) is 55.3 Å². The highest BCUT2D eigenvalue weighted by atomic mass is 32.2. The van der Waals surface area contributed by atoms with E-state index in [1.165, 1.54) is 30.3 Å². The molecule has 152 valence electrons. The third-order valence-corrected chi connectivity index (χ3v) is 5.86. The van der Waals surface area contributed by atoms with Crippen LogP contribution < -0.4 is 10.6 Å². The van der Waals surface area contributed by atoms with Gasteiger partial charge in [-0.25, -0.2) is 4.79 Å². The van der Waals surface area contributed by atoms with Crippen LogP contribution in [0.1, 0.15) is 42.5 Å². The SMILES string of the molecule is O=C(CSc1cccc(NC(=O)C2CCCCC2)c1)Nc1ccc(C(=O)O)cc1. The normalized spacial score (nSPS) is 14.2. The molecule has 1 aliphatic carbocycles. The average Bonchev–Trinajstić information content (AvgIpc) is 2.73. The van der Waals surface area contributed by atoms with Crippen molar-refractivity contribution in [2.75, 3.05) is 16.4 Å². The molecule has 2 aromatic rings. The Morgan fingerprint density at radius 2 is 1.66 bits per heavy atom. The first kappa shape index (κ1) is 20.9. The highest BCUT2D eigenvalue weighted by Gasteiger charge is 2.21. The van der Waals surface area contributed by atoms with Crippen molar-refractivity contribution in [3.8, 4) is 0 Å². The van der Waals surface area contributed by atoms with Crippen LogP contribution in [-0.2, 0) is 9.59 Å². The molecule has 0 atom stereocenters. The molecule has 0 spiro atoms. The Balaban J connectivity index is 1.50. The lowest BCUT2D eigenvalue weighted by Gasteiger charge is -2.20. The molecule has 0 bridgehead atoms. The third-order valence-electron chi connectivity index (χ3n) is 4.86. The van der Waals surface area contributed by atoms with Gasteiger partial charge in [0.2, 0.25) is 11.8 Å². The zero-order valence-corrected chi connectivity index (χ0v) is 16.8. The molecule has 0 heterocycles. The van der Waals surface area contributed by atoms with E-state index < -0.39 is 5.97 Å². The number of benzene rings is 2. The van der Waals surface area contributed by atoms with Crippen LogP contribution in [0.15, 0.2) is 53.4 Å². The lowest BCUT2D eigenvalue weighted by Crippen LogP contribution is -2.24. The largest absolute Gasteiger partial charge is 0.478 e. The summed E-state index contributed by atoms with van der Waals surface area (Å²) in [6, 6.07) is 13.5. The summed E-state index contributed by atoms with van der Waals surface area (Å²) < 4.78 is 0. The van der Waals surface area contributed by atoms with Crippen molar-refractivity contribution in [3.05, 3.63) is 54.1 Å². The molecule has 3 N–H and O–H groups in total. The second-order valence-electron chi connectivity index (χ2n) is 7.07. The van der Waals surface area contributed by atoms with E-state index in [-0.39, 0.29) is 29.0 Å². The number of anilines is 2. The maximum absolute atomic E-state index is 12.4. The summed E-state index contributed by atoms with van der Waals surface area (Å²) in [7, 11) is 0. The highest BCUT2D eigenvalue weighted by Crippen LogP contribution is 2.26. The molecular formula is C22H24N2O4S. The zero-order valence-electron chi connectivity index (χ0n) is 16.0. The second kappa shape index (κ2) is 10.1. The quantitative estimate of drug-likeness (QED) is 0.576. The molecule has 1 aliphatic rings. The Kier molecular flexibility index (Phi) is 7.30. The van der Waals surface area contributed by atoms with Crippen molar-refractivity contribution in [2.45, 2.75) is 37.0 Å². The Morgan fingerprint density at radius 3 is 2.34 bits per heavy atom. The van der Waals surface area contributed by atoms with Gasteiger partial charge in [0, 0.05) is 22.2 Å². The number of thioether (sulfide) groups is 1. The highest BCUT2D eigenvalue weighted by molar-refractivity contribution is 8.00. The Hall–Kier alpha value is -2.80. The van der Waals surface area contributed by atoms with Crippen molar-refractivity contribution in [1.82, 2.24) is 0 Å². The predicted molar refractivity (Wildman–Crippen MR) is 114 cm³/mol. The van der Waals surface area contributed by atoms with Crippen LogP contribution in [0.25, 0.3) is 0 Å². The van der Waals surface area contributed by atoms with Gasteiger partial charge in [-0.15, -0.1) is 11.8 Å². The Labute approximate surface area is 174 Å². The molecule has 29 heavy (non-hydrogen) atoms. The van der Waals surface area contributed by atoms with E-state index in [2.05, 4.69) is 10.6 Å². The fourth-order valence-corrected chi connectivity index (χ4v) is 4.07. The van der Waals surface area contributed by atoms with Crippen LogP contribution in [0.3, 0.4) is 0 Å². The number of carbonyl (C=O) groups excluding carboxylic acids is 2. The number of carboxylic acids is 1. The van der Waals surface area contributed by atoms with Crippen LogP contribution in [0.2, 0.25) is 0 Å². The van der Waals surface area contributed by atoms with Crippen LogP contribution in [0.5, 0.6) is 0 Å². The lowest BCUT2D eigenvalue weighted by molar-refractivity contribution is -0.120. The summed E-state index contributed by atoms with van der Waals surface area (Å²) >= 11 is 1.38. The average molecular weight is 413 g/mol. The van der Waals surface area contributed by atoms with E-state index in [1.54, 1.807) is 12.1 Å².